The van der Waals surface area contributed by atoms with Gasteiger partial charge in [-0.2, -0.15) is 0 Å². The van der Waals surface area contributed by atoms with E-state index in [0.29, 0.717) is 6.04 Å². The number of hydrogen-bond donors (Lipinski definition) is 3. The van der Waals surface area contributed by atoms with Gasteiger partial charge in [0.05, 0.1) is 0 Å². The lowest BCUT2D eigenvalue weighted by atomic mass is 10.1. The summed E-state index contributed by atoms with van der Waals surface area (Å²) < 4.78 is 0. The van der Waals surface area contributed by atoms with Gasteiger partial charge in [0.2, 0.25) is 0 Å². The summed E-state index contributed by atoms with van der Waals surface area (Å²) in [6.45, 7) is 7.28. The molecule has 1 aromatic carbocycles. The number of likely N-dealkylation sites (N-methyl/N-ethyl adjacent to an activating group) is 1. The maximum atomic E-state index is 3.53. The van der Waals surface area contributed by atoms with Gasteiger partial charge in [-0.25, -0.2) is 0 Å². The molecule has 1 aromatic heterocycles. The lowest BCUT2D eigenvalue weighted by Gasteiger charge is -2.14. The summed E-state index contributed by atoms with van der Waals surface area (Å²) in [7, 11) is 0. The van der Waals surface area contributed by atoms with Gasteiger partial charge >= 0.3 is 0 Å². The van der Waals surface area contributed by atoms with Crippen LogP contribution in [0.15, 0.2) is 30.5 Å². The van der Waals surface area contributed by atoms with E-state index >= 15 is 0 Å². The first-order chi connectivity index (χ1) is 8.31. The molecule has 2 aromatic rings. The number of aromatic nitrogens is 1. The molecule has 1 unspecified atom stereocenters. The summed E-state index contributed by atoms with van der Waals surface area (Å²) in [6, 6.07) is 9.02. The van der Waals surface area contributed by atoms with Gasteiger partial charge in [-0.3, -0.25) is 0 Å². The SMILES string of the molecule is CCNCC(C)NCc1cccc2cc[nH]c12. The standard InChI is InChI=1S/C14H21N3/c1-3-15-9-11(2)17-10-13-6-4-5-12-7-8-16-14(12)13/h4-8,11,15-17H,3,9-10H2,1-2H3. The van der Waals surface area contributed by atoms with Crippen LogP contribution in [0.3, 0.4) is 0 Å². The topological polar surface area (TPSA) is 39.8 Å². The molecule has 1 atom stereocenters. The van der Waals surface area contributed by atoms with Crippen LogP contribution in [0.25, 0.3) is 10.9 Å². The van der Waals surface area contributed by atoms with Crippen molar-refractivity contribution in [1.29, 1.82) is 0 Å². The van der Waals surface area contributed by atoms with Crippen molar-refractivity contribution >= 4 is 10.9 Å². The van der Waals surface area contributed by atoms with E-state index in [1.165, 1.54) is 16.5 Å². The number of fused-ring (bicyclic) bond motifs is 1. The quantitative estimate of drug-likeness (QED) is 0.713. The minimum absolute atomic E-state index is 0.486. The van der Waals surface area contributed by atoms with E-state index < -0.39 is 0 Å². The molecule has 0 saturated carbocycles. The number of para-hydroxylation sites is 1. The highest BCUT2D eigenvalue weighted by Crippen LogP contribution is 2.16. The van der Waals surface area contributed by atoms with Gasteiger partial charge in [-0.1, -0.05) is 25.1 Å². The van der Waals surface area contributed by atoms with E-state index in [2.05, 4.69) is 53.7 Å². The Balaban J connectivity index is 1.96. The Morgan fingerprint density at radius 2 is 2.18 bits per heavy atom. The van der Waals surface area contributed by atoms with Crippen LogP contribution in [0.2, 0.25) is 0 Å². The van der Waals surface area contributed by atoms with Crippen LogP contribution in [0.5, 0.6) is 0 Å². The van der Waals surface area contributed by atoms with Crippen molar-refractivity contribution in [3.63, 3.8) is 0 Å². The molecular weight excluding hydrogens is 210 g/mol. The Bertz CT molecular complexity index is 461. The van der Waals surface area contributed by atoms with E-state index in [0.717, 1.165) is 19.6 Å². The molecule has 92 valence electrons. The molecule has 3 nitrogen and oxygen atoms in total. The molecular formula is C14H21N3. The normalized spacial score (nSPS) is 13.1. The Labute approximate surface area is 103 Å². The summed E-state index contributed by atoms with van der Waals surface area (Å²) in [4.78, 5) is 3.30. The number of rotatable bonds is 6. The number of aromatic amines is 1. The minimum Gasteiger partial charge on any atom is -0.361 e. The summed E-state index contributed by atoms with van der Waals surface area (Å²) in [5.74, 6) is 0. The summed E-state index contributed by atoms with van der Waals surface area (Å²) in [5.41, 5.74) is 2.58. The van der Waals surface area contributed by atoms with E-state index in [1.807, 2.05) is 6.20 Å². The number of hydrogen-bond acceptors (Lipinski definition) is 2. The van der Waals surface area contributed by atoms with Crippen LogP contribution in [0, 0.1) is 0 Å². The third-order valence-corrected chi connectivity index (χ3v) is 3.02. The van der Waals surface area contributed by atoms with E-state index in [-0.39, 0.29) is 0 Å². The molecule has 17 heavy (non-hydrogen) atoms. The second kappa shape index (κ2) is 5.84. The maximum absolute atomic E-state index is 3.53. The zero-order valence-corrected chi connectivity index (χ0v) is 10.6. The molecule has 2 rings (SSSR count). The van der Waals surface area contributed by atoms with Gasteiger partial charge in [-0.15, -0.1) is 0 Å². The lowest BCUT2D eigenvalue weighted by molar-refractivity contribution is 0.510. The molecule has 3 N–H and O–H groups in total. The third-order valence-electron chi connectivity index (χ3n) is 3.02. The second-order valence-electron chi connectivity index (χ2n) is 4.45. The van der Waals surface area contributed by atoms with Crippen LogP contribution < -0.4 is 10.6 Å². The van der Waals surface area contributed by atoms with Crippen molar-refractivity contribution in [2.75, 3.05) is 13.1 Å². The molecule has 0 saturated heterocycles. The van der Waals surface area contributed by atoms with E-state index in [1.54, 1.807) is 0 Å². The molecule has 0 spiro atoms. The van der Waals surface area contributed by atoms with Crippen molar-refractivity contribution < 1.29 is 0 Å². The maximum Gasteiger partial charge on any atom is 0.0499 e. The molecule has 0 aliphatic heterocycles. The highest BCUT2D eigenvalue weighted by Gasteiger charge is 2.04. The number of nitrogens with one attached hydrogen (secondary N) is 3. The largest absolute Gasteiger partial charge is 0.361 e. The first-order valence-electron chi connectivity index (χ1n) is 6.30. The Hall–Kier alpha value is -1.32. The van der Waals surface area contributed by atoms with Crippen LogP contribution in [0.1, 0.15) is 19.4 Å². The smallest absolute Gasteiger partial charge is 0.0499 e. The monoisotopic (exact) mass is 231 g/mol. The highest BCUT2D eigenvalue weighted by molar-refractivity contribution is 5.82. The molecule has 1 heterocycles. The number of benzene rings is 1. The Morgan fingerprint density at radius 1 is 1.29 bits per heavy atom. The zero-order chi connectivity index (χ0) is 12.1. The third kappa shape index (κ3) is 3.08. The van der Waals surface area contributed by atoms with Crippen LogP contribution in [-0.2, 0) is 6.54 Å². The van der Waals surface area contributed by atoms with Crippen molar-refractivity contribution in [2.24, 2.45) is 0 Å². The van der Waals surface area contributed by atoms with Gasteiger partial charge < -0.3 is 15.6 Å². The van der Waals surface area contributed by atoms with Crippen molar-refractivity contribution in [2.45, 2.75) is 26.4 Å². The first-order valence-corrected chi connectivity index (χ1v) is 6.30. The van der Waals surface area contributed by atoms with E-state index in [9.17, 15) is 0 Å². The Kier molecular flexibility index (Phi) is 4.18. The molecule has 0 bridgehead atoms. The van der Waals surface area contributed by atoms with Crippen LogP contribution in [0.4, 0.5) is 0 Å². The second-order valence-corrected chi connectivity index (χ2v) is 4.45. The predicted molar refractivity (Wildman–Crippen MR) is 73.1 cm³/mol. The van der Waals surface area contributed by atoms with Crippen molar-refractivity contribution in [3.05, 3.63) is 36.0 Å². The van der Waals surface area contributed by atoms with Gasteiger partial charge in [0, 0.05) is 30.8 Å². The average molecular weight is 231 g/mol. The van der Waals surface area contributed by atoms with Crippen molar-refractivity contribution in [3.8, 4) is 0 Å². The van der Waals surface area contributed by atoms with Gasteiger partial charge in [0.1, 0.15) is 0 Å². The zero-order valence-electron chi connectivity index (χ0n) is 10.6. The van der Waals surface area contributed by atoms with Crippen LogP contribution >= 0.6 is 0 Å². The van der Waals surface area contributed by atoms with Crippen molar-refractivity contribution in [1.82, 2.24) is 15.6 Å². The molecule has 0 aliphatic carbocycles. The molecule has 0 fully saturated rings. The number of H-pyrrole nitrogens is 1. The predicted octanol–water partition coefficient (Wildman–Crippen LogP) is 2.26. The minimum atomic E-state index is 0.486. The summed E-state index contributed by atoms with van der Waals surface area (Å²) >= 11 is 0. The highest BCUT2D eigenvalue weighted by atomic mass is 15.0. The average Bonchev–Trinajstić information content (AvgIpc) is 2.82. The lowest BCUT2D eigenvalue weighted by Crippen LogP contribution is -2.35. The fraction of sp³-hybridized carbons (Fsp3) is 0.429. The summed E-state index contributed by atoms with van der Waals surface area (Å²) in [5, 5.41) is 8.16. The van der Waals surface area contributed by atoms with E-state index in [4.69, 9.17) is 0 Å². The fourth-order valence-electron chi connectivity index (χ4n) is 2.01. The molecule has 0 aliphatic rings. The fourth-order valence-corrected chi connectivity index (χ4v) is 2.01. The van der Waals surface area contributed by atoms with Crippen LogP contribution in [-0.4, -0.2) is 24.1 Å². The molecule has 3 heteroatoms. The van der Waals surface area contributed by atoms with Gasteiger partial charge in [0.25, 0.3) is 0 Å². The first kappa shape index (κ1) is 12.1. The summed E-state index contributed by atoms with van der Waals surface area (Å²) in [6.07, 6.45) is 2.00. The van der Waals surface area contributed by atoms with Gasteiger partial charge in [0.15, 0.2) is 0 Å². The Morgan fingerprint density at radius 3 is 3.00 bits per heavy atom. The molecule has 0 radical (unpaired) electrons. The molecule has 0 amide bonds. The van der Waals surface area contributed by atoms with Gasteiger partial charge in [-0.05, 0) is 30.5 Å².